The van der Waals surface area contributed by atoms with Crippen LogP contribution in [0.2, 0.25) is 0 Å². The Hall–Kier alpha value is -1.82. The molecule has 0 heterocycles. The quantitative estimate of drug-likeness (QED) is 0.491. The Morgan fingerprint density at radius 2 is 0.964 bits per heavy atom. The molecule has 0 N–H and O–H groups in total. The van der Waals surface area contributed by atoms with Gasteiger partial charge in [0.2, 0.25) is 0 Å². The molecule has 0 aromatic heterocycles. The maximum absolute atomic E-state index is 3.76. The fourth-order valence-electron chi connectivity index (χ4n) is 4.40. The molecule has 4 unspecified atom stereocenters. The van der Waals surface area contributed by atoms with Crippen molar-refractivity contribution in [1.29, 1.82) is 0 Å². The summed E-state index contributed by atoms with van der Waals surface area (Å²) in [5.74, 6) is 3.26. The monoisotopic (exact) mass is 376 g/mol. The highest BCUT2D eigenvalue weighted by atomic mass is 14.3. The molecule has 1 saturated carbocycles. The van der Waals surface area contributed by atoms with Gasteiger partial charge in [0.25, 0.3) is 0 Å². The van der Waals surface area contributed by atoms with Crippen LogP contribution in [0.4, 0.5) is 0 Å². The zero-order chi connectivity index (χ0) is 20.8. The zero-order valence-electron chi connectivity index (χ0n) is 19.0. The van der Waals surface area contributed by atoms with E-state index >= 15 is 0 Å². The van der Waals surface area contributed by atoms with Gasteiger partial charge >= 0.3 is 0 Å². The average Bonchev–Trinajstić information content (AvgIpc) is 2.63. The Kier molecular flexibility index (Phi) is 8.10. The molecule has 152 valence electrons. The van der Waals surface area contributed by atoms with Crippen LogP contribution < -0.4 is 0 Å². The second kappa shape index (κ2) is 10.1. The summed E-state index contributed by atoms with van der Waals surface area (Å²) in [6, 6.07) is 4.79. The summed E-state index contributed by atoms with van der Waals surface area (Å²) in [6.45, 7) is 21.4. The van der Waals surface area contributed by atoms with Crippen molar-refractivity contribution in [2.75, 3.05) is 0 Å². The van der Waals surface area contributed by atoms with Gasteiger partial charge in [-0.15, -0.1) is 0 Å². The van der Waals surface area contributed by atoms with Crippen LogP contribution in [0.5, 0.6) is 0 Å². The maximum atomic E-state index is 3.76. The lowest BCUT2D eigenvalue weighted by Gasteiger charge is -2.29. The summed E-state index contributed by atoms with van der Waals surface area (Å²) in [5.41, 5.74) is 8.96. The van der Waals surface area contributed by atoms with E-state index < -0.39 is 0 Å². The van der Waals surface area contributed by atoms with E-state index in [4.69, 9.17) is 0 Å². The Labute approximate surface area is 174 Å². The van der Waals surface area contributed by atoms with Crippen LogP contribution in [0, 0.1) is 37.5 Å². The Morgan fingerprint density at radius 3 is 1.29 bits per heavy atom. The van der Waals surface area contributed by atoms with Gasteiger partial charge in [0.15, 0.2) is 0 Å². The third kappa shape index (κ3) is 5.60. The minimum absolute atomic E-state index is 0.781. The molecule has 0 heteroatoms. The number of allylic oxidation sites excluding steroid dienone is 6. The summed E-state index contributed by atoms with van der Waals surface area (Å²) < 4.78 is 0. The molecule has 0 nitrogen and oxygen atoms in total. The minimum atomic E-state index is 0.781. The highest BCUT2D eigenvalue weighted by Crippen LogP contribution is 2.36. The lowest BCUT2D eigenvalue weighted by molar-refractivity contribution is 0.358. The first-order valence-corrected chi connectivity index (χ1v) is 11.0. The molecule has 0 amide bonds. The Balaban J connectivity index is 0.000000200. The number of rotatable bonds is 2. The van der Waals surface area contributed by atoms with Crippen LogP contribution >= 0.6 is 0 Å². The van der Waals surface area contributed by atoms with E-state index in [1.165, 1.54) is 48.0 Å². The summed E-state index contributed by atoms with van der Waals surface area (Å²) >= 11 is 0. The lowest BCUT2D eigenvalue weighted by atomic mass is 9.76. The lowest BCUT2D eigenvalue weighted by Crippen LogP contribution is -2.20. The highest BCUT2D eigenvalue weighted by molar-refractivity contribution is 5.39. The van der Waals surface area contributed by atoms with Crippen molar-refractivity contribution in [3.05, 3.63) is 83.0 Å². The van der Waals surface area contributed by atoms with E-state index in [0.29, 0.717) is 0 Å². The van der Waals surface area contributed by atoms with Gasteiger partial charge in [-0.05, 0) is 96.6 Å². The van der Waals surface area contributed by atoms with Gasteiger partial charge < -0.3 is 0 Å². The molecule has 2 aliphatic rings. The topological polar surface area (TPSA) is 0 Å². The third-order valence-corrected chi connectivity index (χ3v) is 6.98. The van der Waals surface area contributed by atoms with Crippen molar-refractivity contribution in [2.24, 2.45) is 23.7 Å². The highest BCUT2D eigenvalue weighted by Gasteiger charge is 2.23. The molecule has 0 aliphatic heterocycles. The molecule has 28 heavy (non-hydrogen) atoms. The fraction of sp³-hybridized carbons (Fsp3) is 0.500. The van der Waals surface area contributed by atoms with E-state index in [-0.39, 0.29) is 0 Å². The number of fused-ring (bicyclic) bond motifs is 1. The van der Waals surface area contributed by atoms with Gasteiger partial charge in [-0.1, -0.05) is 77.3 Å². The van der Waals surface area contributed by atoms with Crippen molar-refractivity contribution < 1.29 is 0 Å². The molecule has 1 fully saturated rings. The van der Waals surface area contributed by atoms with E-state index in [1.54, 1.807) is 11.1 Å². The van der Waals surface area contributed by atoms with Crippen LogP contribution in [0.15, 0.2) is 60.7 Å². The van der Waals surface area contributed by atoms with Crippen molar-refractivity contribution in [2.45, 2.75) is 67.2 Å². The van der Waals surface area contributed by atoms with Gasteiger partial charge in [-0.3, -0.25) is 0 Å². The second-order valence-corrected chi connectivity index (χ2v) is 9.29. The van der Waals surface area contributed by atoms with Crippen molar-refractivity contribution in [3.63, 3.8) is 0 Å². The van der Waals surface area contributed by atoms with Gasteiger partial charge in [-0.2, -0.15) is 0 Å². The molecule has 1 aromatic carbocycles. The Morgan fingerprint density at radius 1 is 0.643 bits per heavy atom. The predicted molar refractivity (Wildman–Crippen MR) is 126 cm³/mol. The third-order valence-electron chi connectivity index (χ3n) is 6.98. The first kappa shape index (κ1) is 22.5. The van der Waals surface area contributed by atoms with Gasteiger partial charge in [0, 0.05) is 0 Å². The standard InChI is InChI=1S/2C14H20/c1-9-5-13-7-11(3)12(4)8-14(13)6-10(9)2;1-5-7-13-9-11(3)12(4)10-14(13)8-6-2/h5-6,11-12H,7-8H2,1-4H3;5-8,11-12H,1-2,9-10H2,3-4H3/b;13-7-,14-8-. The van der Waals surface area contributed by atoms with Crippen molar-refractivity contribution in [1.82, 2.24) is 0 Å². The first-order valence-electron chi connectivity index (χ1n) is 11.0. The van der Waals surface area contributed by atoms with Gasteiger partial charge in [0.05, 0.1) is 0 Å². The van der Waals surface area contributed by atoms with Crippen LogP contribution in [-0.4, -0.2) is 0 Å². The minimum Gasteiger partial charge on any atom is -0.0991 e. The molecular formula is C28H40. The molecule has 4 atom stereocenters. The van der Waals surface area contributed by atoms with E-state index in [0.717, 1.165) is 23.7 Å². The molecular weight excluding hydrogens is 336 g/mol. The van der Waals surface area contributed by atoms with Gasteiger partial charge in [0.1, 0.15) is 0 Å². The molecule has 2 aliphatic carbocycles. The van der Waals surface area contributed by atoms with Crippen LogP contribution in [0.25, 0.3) is 0 Å². The summed E-state index contributed by atoms with van der Waals surface area (Å²) in [5, 5.41) is 0. The Bertz CT molecular complexity index is 693. The molecule has 0 saturated heterocycles. The van der Waals surface area contributed by atoms with Crippen LogP contribution in [-0.2, 0) is 12.8 Å². The molecule has 0 radical (unpaired) electrons. The molecule has 0 bridgehead atoms. The average molecular weight is 377 g/mol. The van der Waals surface area contributed by atoms with E-state index in [9.17, 15) is 0 Å². The summed E-state index contributed by atoms with van der Waals surface area (Å²) in [4.78, 5) is 0. The van der Waals surface area contributed by atoms with Crippen molar-refractivity contribution >= 4 is 0 Å². The van der Waals surface area contributed by atoms with Crippen molar-refractivity contribution in [3.8, 4) is 0 Å². The SMILES string of the molecule is C=C/C=C1/CC(C)C(C)C/C1=C/C=C.Cc1cc2c(cc1C)CC(C)C(C)C2. The predicted octanol–water partition coefficient (Wildman–Crippen LogP) is 7.95. The summed E-state index contributed by atoms with van der Waals surface area (Å²) in [7, 11) is 0. The van der Waals surface area contributed by atoms with Gasteiger partial charge in [-0.25, -0.2) is 0 Å². The first-order chi connectivity index (χ1) is 13.3. The summed E-state index contributed by atoms with van der Waals surface area (Å²) in [6.07, 6.45) is 12.9. The van der Waals surface area contributed by atoms with E-state index in [1.807, 2.05) is 12.2 Å². The smallest absolute Gasteiger partial charge is 0.0248 e. The number of hydrogen-bond acceptors (Lipinski definition) is 0. The normalized spacial score (nSPS) is 29.6. The number of aryl methyl sites for hydroxylation is 2. The molecule has 1 aromatic rings. The van der Waals surface area contributed by atoms with Crippen LogP contribution in [0.1, 0.15) is 62.8 Å². The molecule has 0 spiro atoms. The molecule has 3 rings (SSSR count). The maximum Gasteiger partial charge on any atom is -0.0248 e. The fourth-order valence-corrected chi connectivity index (χ4v) is 4.40. The number of benzene rings is 1. The zero-order valence-corrected chi connectivity index (χ0v) is 19.0. The van der Waals surface area contributed by atoms with Crippen LogP contribution in [0.3, 0.4) is 0 Å². The largest absolute Gasteiger partial charge is 0.0991 e. The van der Waals surface area contributed by atoms with E-state index in [2.05, 4.69) is 79.0 Å². The number of hydrogen-bond donors (Lipinski definition) is 0. The second-order valence-electron chi connectivity index (χ2n) is 9.29.